The molecule has 21 heavy (non-hydrogen) atoms. The van der Waals surface area contributed by atoms with E-state index in [1.165, 1.54) is 19.1 Å². The molecule has 0 unspecified atom stereocenters. The average Bonchev–Trinajstić information content (AvgIpc) is 2.46. The summed E-state index contributed by atoms with van der Waals surface area (Å²) >= 11 is 0. The van der Waals surface area contributed by atoms with Crippen molar-refractivity contribution in [3.8, 4) is 0 Å². The maximum absolute atomic E-state index is 12.4. The van der Waals surface area contributed by atoms with E-state index >= 15 is 0 Å². The minimum atomic E-state index is -1.28. The van der Waals surface area contributed by atoms with Crippen LogP contribution in [0.25, 0.3) is 0 Å². The van der Waals surface area contributed by atoms with Gasteiger partial charge in [-0.3, -0.25) is 14.5 Å². The van der Waals surface area contributed by atoms with Crippen LogP contribution in [0, 0.1) is 5.92 Å². The monoisotopic (exact) mass is 292 g/mol. The summed E-state index contributed by atoms with van der Waals surface area (Å²) in [5, 5.41) is 9.13. The molecule has 0 heterocycles. The topological polar surface area (TPSA) is 101 Å². The number of nitrogens with two attached hydrogens (primary N) is 1. The van der Waals surface area contributed by atoms with Crippen LogP contribution in [-0.2, 0) is 9.59 Å². The Labute approximate surface area is 123 Å². The molecule has 0 radical (unpaired) electrons. The third-order valence-corrected chi connectivity index (χ3v) is 3.23. The lowest BCUT2D eigenvalue weighted by molar-refractivity contribution is -0.148. The van der Waals surface area contributed by atoms with E-state index in [1.807, 2.05) is 0 Å². The first-order valence-corrected chi connectivity index (χ1v) is 6.68. The van der Waals surface area contributed by atoms with Crippen molar-refractivity contribution in [2.24, 2.45) is 11.7 Å². The minimum absolute atomic E-state index is 0.204. The van der Waals surface area contributed by atoms with Crippen LogP contribution in [0.3, 0.4) is 0 Å². The molecule has 0 fully saturated rings. The summed E-state index contributed by atoms with van der Waals surface area (Å²) in [5.74, 6) is -2.81. The van der Waals surface area contributed by atoms with E-state index in [1.54, 1.807) is 32.0 Å². The Morgan fingerprint density at radius 2 is 1.62 bits per heavy atom. The van der Waals surface area contributed by atoms with E-state index in [2.05, 4.69) is 0 Å². The average molecular weight is 292 g/mol. The first-order chi connectivity index (χ1) is 9.77. The van der Waals surface area contributed by atoms with E-state index in [-0.39, 0.29) is 11.5 Å². The number of aliphatic carboxylic acids is 1. The maximum atomic E-state index is 12.4. The number of carboxylic acids is 1. The Bertz CT molecular complexity index is 528. The predicted octanol–water partition coefficient (Wildman–Crippen LogP) is 1.11. The molecule has 0 aliphatic rings. The summed E-state index contributed by atoms with van der Waals surface area (Å²) < 4.78 is 0. The molecule has 0 bridgehead atoms. The van der Waals surface area contributed by atoms with Crippen molar-refractivity contribution in [3.05, 3.63) is 35.9 Å². The van der Waals surface area contributed by atoms with Crippen LogP contribution in [0.1, 0.15) is 31.1 Å². The van der Waals surface area contributed by atoms with Crippen molar-refractivity contribution in [1.29, 1.82) is 0 Å². The summed E-state index contributed by atoms with van der Waals surface area (Å²) in [6.45, 7) is 4.76. The SMILES string of the molecule is CC(C)[C@H](N)C(=O)N(C(=O)c1ccccc1)[C@@H](C)C(=O)O. The van der Waals surface area contributed by atoms with Gasteiger partial charge in [0.1, 0.15) is 6.04 Å². The lowest BCUT2D eigenvalue weighted by Gasteiger charge is -2.28. The number of carbonyl (C=O) groups is 3. The van der Waals surface area contributed by atoms with Gasteiger partial charge in [0.15, 0.2) is 0 Å². The highest BCUT2D eigenvalue weighted by molar-refractivity contribution is 6.08. The summed E-state index contributed by atoms with van der Waals surface area (Å²) in [5.41, 5.74) is 6.02. The van der Waals surface area contributed by atoms with E-state index in [0.29, 0.717) is 0 Å². The minimum Gasteiger partial charge on any atom is -0.480 e. The fraction of sp³-hybridized carbons (Fsp3) is 0.400. The summed E-state index contributed by atoms with van der Waals surface area (Å²) in [6, 6.07) is 5.85. The smallest absolute Gasteiger partial charge is 0.326 e. The largest absolute Gasteiger partial charge is 0.480 e. The van der Waals surface area contributed by atoms with Crippen LogP contribution in [-0.4, -0.2) is 39.9 Å². The van der Waals surface area contributed by atoms with Crippen LogP contribution < -0.4 is 5.73 Å². The molecule has 1 aromatic rings. The van der Waals surface area contributed by atoms with E-state index in [9.17, 15) is 14.4 Å². The molecule has 0 aliphatic heterocycles. The molecule has 114 valence electrons. The molecule has 0 aliphatic carbocycles. The molecule has 6 nitrogen and oxygen atoms in total. The van der Waals surface area contributed by atoms with Gasteiger partial charge in [0.05, 0.1) is 6.04 Å². The van der Waals surface area contributed by atoms with Gasteiger partial charge < -0.3 is 10.8 Å². The van der Waals surface area contributed by atoms with Gasteiger partial charge in [0, 0.05) is 5.56 Å². The number of rotatable bonds is 5. The Hall–Kier alpha value is -2.21. The fourth-order valence-electron chi connectivity index (χ4n) is 1.74. The Balaban J connectivity index is 3.17. The fourth-order valence-corrected chi connectivity index (χ4v) is 1.74. The highest BCUT2D eigenvalue weighted by atomic mass is 16.4. The van der Waals surface area contributed by atoms with Gasteiger partial charge in [-0.25, -0.2) is 4.79 Å². The van der Waals surface area contributed by atoms with E-state index in [0.717, 1.165) is 4.90 Å². The van der Waals surface area contributed by atoms with Crippen LogP contribution in [0.2, 0.25) is 0 Å². The zero-order valence-electron chi connectivity index (χ0n) is 12.3. The number of carboxylic acid groups (broad SMARTS) is 1. The lowest BCUT2D eigenvalue weighted by Crippen LogP contribution is -2.54. The number of hydrogen-bond donors (Lipinski definition) is 2. The standard InChI is InChI=1S/C15H20N2O4/c1-9(2)12(16)14(19)17(10(3)15(20)21)13(18)11-7-5-4-6-8-11/h4-10,12H,16H2,1-3H3,(H,20,21)/t10-,12-/m0/s1. The Kier molecular flexibility index (Phi) is 5.60. The Morgan fingerprint density at radius 3 is 2.05 bits per heavy atom. The van der Waals surface area contributed by atoms with Crippen molar-refractivity contribution in [2.75, 3.05) is 0 Å². The van der Waals surface area contributed by atoms with Crippen LogP contribution >= 0.6 is 0 Å². The van der Waals surface area contributed by atoms with E-state index in [4.69, 9.17) is 10.8 Å². The number of nitrogens with zero attached hydrogens (tertiary/aromatic N) is 1. The van der Waals surface area contributed by atoms with Crippen molar-refractivity contribution in [1.82, 2.24) is 4.90 Å². The third-order valence-electron chi connectivity index (χ3n) is 3.23. The second-order valence-corrected chi connectivity index (χ2v) is 5.16. The van der Waals surface area contributed by atoms with Crippen molar-refractivity contribution in [3.63, 3.8) is 0 Å². The molecule has 0 spiro atoms. The Morgan fingerprint density at radius 1 is 1.10 bits per heavy atom. The number of amides is 2. The molecule has 6 heteroatoms. The normalized spacial score (nSPS) is 13.6. The molecule has 2 atom stereocenters. The highest BCUT2D eigenvalue weighted by Gasteiger charge is 2.35. The van der Waals surface area contributed by atoms with Gasteiger partial charge >= 0.3 is 5.97 Å². The van der Waals surface area contributed by atoms with Gasteiger partial charge in [-0.2, -0.15) is 0 Å². The molecule has 0 saturated carbocycles. The van der Waals surface area contributed by atoms with Crippen molar-refractivity contribution >= 4 is 17.8 Å². The second kappa shape index (κ2) is 6.99. The first kappa shape index (κ1) is 16.8. The van der Waals surface area contributed by atoms with Crippen LogP contribution in [0.4, 0.5) is 0 Å². The summed E-state index contributed by atoms with van der Waals surface area (Å²) in [6.07, 6.45) is 0. The van der Waals surface area contributed by atoms with E-state index < -0.39 is 29.9 Å². The van der Waals surface area contributed by atoms with Gasteiger partial charge in [0.2, 0.25) is 5.91 Å². The third kappa shape index (κ3) is 3.88. The molecule has 0 aromatic heterocycles. The maximum Gasteiger partial charge on any atom is 0.326 e. The molecule has 0 saturated heterocycles. The highest BCUT2D eigenvalue weighted by Crippen LogP contribution is 2.13. The van der Waals surface area contributed by atoms with Gasteiger partial charge in [-0.05, 0) is 25.0 Å². The molecule has 1 aromatic carbocycles. The zero-order valence-corrected chi connectivity index (χ0v) is 12.3. The number of hydrogen-bond acceptors (Lipinski definition) is 4. The number of carbonyl (C=O) groups excluding carboxylic acids is 2. The van der Waals surface area contributed by atoms with Gasteiger partial charge in [0.25, 0.3) is 5.91 Å². The summed E-state index contributed by atoms with van der Waals surface area (Å²) in [4.78, 5) is 36.7. The van der Waals surface area contributed by atoms with Crippen LogP contribution in [0.15, 0.2) is 30.3 Å². The molecule has 1 rings (SSSR count). The first-order valence-electron chi connectivity index (χ1n) is 6.68. The zero-order chi connectivity index (χ0) is 16.2. The van der Waals surface area contributed by atoms with Crippen molar-refractivity contribution < 1.29 is 19.5 Å². The second-order valence-electron chi connectivity index (χ2n) is 5.16. The molecular formula is C15H20N2O4. The predicted molar refractivity (Wildman–Crippen MR) is 77.5 cm³/mol. The van der Waals surface area contributed by atoms with Crippen LogP contribution in [0.5, 0.6) is 0 Å². The lowest BCUT2D eigenvalue weighted by atomic mass is 10.0. The summed E-state index contributed by atoms with van der Waals surface area (Å²) in [7, 11) is 0. The van der Waals surface area contributed by atoms with Gasteiger partial charge in [-0.15, -0.1) is 0 Å². The molecule has 2 amide bonds. The quantitative estimate of drug-likeness (QED) is 0.846. The van der Waals surface area contributed by atoms with Gasteiger partial charge in [-0.1, -0.05) is 32.0 Å². The number of imide groups is 1. The van der Waals surface area contributed by atoms with Crippen molar-refractivity contribution in [2.45, 2.75) is 32.9 Å². The molecular weight excluding hydrogens is 272 g/mol. The number of benzene rings is 1. The molecule has 3 N–H and O–H groups in total.